The number of H-pyrrole nitrogens is 2. The molecule has 0 saturated carbocycles. The summed E-state index contributed by atoms with van der Waals surface area (Å²) in [6.45, 7) is 5.06. The first-order chi connectivity index (χ1) is 18.0. The van der Waals surface area contributed by atoms with Gasteiger partial charge in [-0.3, -0.25) is 14.7 Å². The van der Waals surface area contributed by atoms with Gasteiger partial charge in [-0.1, -0.05) is 12.1 Å². The quantitative estimate of drug-likeness (QED) is 0.341. The molecule has 1 aliphatic heterocycles. The zero-order valence-electron chi connectivity index (χ0n) is 20.3. The third kappa shape index (κ3) is 4.64. The molecule has 9 heteroatoms. The van der Waals surface area contributed by atoms with Gasteiger partial charge in [0, 0.05) is 47.4 Å². The summed E-state index contributed by atoms with van der Waals surface area (Å²) in [7, 11) is 0. The molecule has 0 aliphatic carbocycles. The number of hydrogen-bond acceptors (Lipinski definition) is 5. The van der Waals surface area contributed by atoms with Crippen LogP contribution in [-0.2, 0) is 4.74 Å². The van der Waals surface area contributed by atoms with Crippen molar-refractivity contribution in [1.29, 1.82) is 0 Å². The predicted octanol–water partition coefficient (Wildman–Crippen LogP) is 4.11. The fourth-order valence-electron chi connectivity index (χ4n) is 4.54. The molecule has 3 heterocycles. The molecule has 1 fully saturated rings. The second kappa shape index (κ2) is 9.44. The Balaban J connectivity index is 1.16. The van der Waals surface area contributed by atoms with E-state index >= 15 is 0 Å². The van der Waals surface area contributed by atoms with E-state index in [-0.39, 0.29) is 11.5 Å². The molecule has 0 bridgehead atoms. The SMILES string of the molecule is Cc1cc(=O)n(-c2ccc3nc(-c4ccc(C(=O)Nc5ccc(N6CCOCC6)cc5)cc4)[nH]c3c2)[nH]1. The van der Waals surface area contributed by atoms with Crippen LogP contribution in [0.5, 0.6) is 0 Å². The average molecular weight is 495 g/mol. The molecule has 3 N–H and O–H groups in total. The van der Waals surface area contributed by atoms with Crippen LogP contribution in [0.3, 0.4) is 0 Å². The number of nitrogens with one attached hydrogen (secondary N) is 3. The maximum absolute atomic E-state index is 12.8. The first-order valence-electron chi connectivity index (χ1n) is 12.2. The third-order valence-corrected chi connectivity index (χ3v) is 6.49. The van der Waals surface area contributed by atoms with Gasteiger partial charge in [0.25, 0.3) is 11.5 Å². The number of carbonyl (C=O) groups is 1. The Bertz CT molecular complexity index is 1620. The van der Waals surface area contributed by atoms with Gasteiger partial charge >= 0.3 is 0 Å². The van der Waals surface area contributed by atoms with Crippen molar-refractivity contribution in [1.82, 2.24) is 19.7 Å². The van der Waals surface area contributed by atoms with E-state index in [0.717, 1.165) is 65.7 Å². The molecular formula is C28H26N6O3. The number of hydrogen-bond donors (Lipinski definition) is 3. The number of fused-ring (bicyclic) bond motifs is 1. The number of aryl methyl sites for hydroxylation is 1. The highest BCUT2D eigenvalue weighted by Crippen LogP contribution is 2.24. The molecule has 0 spiro atoms. The highest BCUT2D eigenvalue weighted by atomic mass is 16.5. The number of ether oxygens (including phenoxy) is 1. The predicted molar refractivity (Wildman–Crippen MR) is 144 cm³/mol. The zero-order chi connectivity index (χ0) is 25.4. The first-order valence-corrected chi connectivity index (χ1v) is 12.2. The smallest absolute Gasteiger partial charge is 0.271 e. The van der Waals surface area contributed by atoms with E-state index in [1.165, 1.54) is 4.68 Å². The Hall–Kier alpha value is -4.63. The first kappa shape index (κ1) is 22.8. The van der Waals surface area contributed by atoms with Gasteiger partial charge in [-0.2, -0.15) is 0 Å². The van der Waals surface area contributed by atoms with Crippen LogP contribution in [-0.4, -0.2) is 52.0 Å². The highest BCUT2D eigenvalue weighted by molar-refractivity contribution is 6.04. The van der Waals surface area contributed by atoms with Gasteiger partial charge in [0.15, 0.2) is 0 Å². The third-order valence-electron chi connectivity index (χ3n) is 6.49. The van der Waals surface area contributed by atoms with Gasteiger partial charge in [0.1, 0.15) is 5.82 Å². The topological polar surface area (TPSA) is 108 Å². The van der Waals surface area contributed by atoms with Crippen LogP contribution in [0, 0.1) is 6.92 Å². The number of aromatic nitrogens is 4. The lowest BCUT2D eigenvalue weighted by atomic mass is 10.1. The fraction of sp³-hybridized carbons (Fsp3) is 0.179. The van der Waals surface area contributed by atoms with Crippen molar-refractivity contribution < 1.29 is 9.53 Å². The lowest BCUT2D eigenvalue weighted by Crippen LogP contribution is -2.36. The molecule has 5 aromatic rings. The Morgan fingerprint density at radius 1 is 0.946 bits per heavy atom. The number of nitrogens with zero attached hydrogens (tertiary/aromatic N) is 3. The summed E-state index contributed by atoms with van der Waals surface area (Å²) in [6, 6.07) is 22.3. The summed E-state index contributed by atoms with van der Waals surface area (Å²) in [5.74, 6) is 0.513. The van der Waals surface area contributed by atoms with Gasteiger partial charge in [0.2, 0.25) is 0 Å². The standard InChI is InChI=1S/C28H26N6O3/c1-18-16-26(35)34(32-18)23-10-11-24-25(17-23)31-27(30-24)19-2-4-20(5-3-19)28(36)29-21-6-8-22(9-7-21)33-12-14-37-15-13-33/h2-11,16-17,32H,12-15H2,1H3,(H,29,36)(H,30,31). The molecule has 9 nitrogen and oxygen atoms in total. The molecule has 1 amide bonds. The van der Waals surface area contributed by atoms with Crippen molar-refractivity contribution in [2.24, 2.45) is 0 Å². The van der Waals surface area contributed by atoms with Crippen LogP contribution in [0.2, 0.25) is 0 Å². The van der Waals surface area contributed by atoms with Crippen LogP contribution >= 0.6 is 0 Å². The van der Waals surface area contributed by atoms with E-state index in [1.54, 1.807) is 18.2 Å². The number of anilines is 2. The van der Waals surface area contributed by atoms with Gasteiger partial charge in [-0.05, 0) is 61.5 Å². The fourth-order valence-corrected chi connectivity index (χ4v) is 4.54. The van der Waals surface area contributed by atoms with Crippen molar-refractivity contribution in [2.75, 3.05) is 36.5 Å². The molecule has 3 aromatic carbocycles. The van der Waals surface area contributed by atoms with Crippen molar-refractivity contribution in [3.05, 3.63) is 94.4 Å². The number of benzene rings is 3. The number of imidazole rings is 1. The molecule has 186 valence electrons. The minimum absolute atomic E-state index is 0.113. The van der Waals surface area contributed by atoms with E-state index in [2.05, 4.69) is 25.3 Å². The molecule has 6 rings (SSSR count). The summed E-state index contributed by atoms with van der Waals surface area (Å²) in [5.41, 5.74) is 6.30. The van der Waals surface area contributed by atoms with Gasteiger partial charge < -0.3 is 19.9 Å². The Kier molecular flexibility index (Phi) is 5.82. The van der Waals surface area contributed by atoms with E-state index in [1.807, 2.05) is 61.5 Å². The van der Waals surface area contributed by atoms with Crippen molar-refractivity contribution in [2.45, 2.75) is 6.92 Å². The Labute approximate surface area is 212 Å². The largest absolute Gasteiger partial charge is 0.378 e. The Morgan fingerprint density at radius 2 is 1.68 bits per heavy atom. The summed E-state index contributed by atoms with van der Waals surface area (Å²) in [4.78, 5) is 35.2. The molecule has 1 aliphatic rings. The van der Waals surface area contributed by atoms with Crippen LogP contribution in [0.25, 0.3) is 28.1 Å². The van der Waals surface area contributed by atoms with E-state index in [0.29, 0.717) is 11.4 Å². The van der Waals surface area contributed by atoms with Gasteiger partial charge in [-0.25, -0.2) is 9.67 Å². The second-order valence-corrected chi connectivity index (χ2v) is 9.08. The van der Waals surface area contributed by atoms with Crippen molar-refractivity contribution in [3.8, 4) is 17.1 Å². The maximum atomic E-state index is 12.8. The summed E-state index contributed by atoms with van der Waals surface area (Å²) in [6.07, 6.45) is 0. The van der Waals surface area contributed by atoms with Gasteiger partial charge in [-0.15, -0.1) is 0 Å². The highest BCUT2D eigenvalue weighted by Gasteiger charge is 2.13. The van der Waals surface area contributed by atoms with Gasteiger partial charge in [0.05, 0.1) is 29.9 Å². The minimum atomic E-state index is -0.174. The van der Waals surface area contributed by atoms with Crippen molar-refractivity contribution in [3.63, 3.8) is 0 Å². The lowest BCUT2D eigenvalue weighted by Gasteiger charge is -2.28. The monoisotopic (exact) mass is 494 g/mol. The molecule has 0 atom stereocenters. The van der Waals surface area contributed by atoms with Crippen LogP contribution in [0.4, 0.5) is 11.4 Å². The van der Waals surface area contributed by atoms with Crippen LogP contribution < -0.4 is 15.8 Å². The van der Waals surface area contributed by atoms with E-state index in [4.69, 9.17) is 4.74 Å². The average Bonchev–Trinajstić information content (AvgIpc) is 3.51. The number of rotatable bonds is 5. The van der Waals surface area contributed by atoms with Crippen molar-refractivity contribution >= 4 is 28.3 Å². The molecule has 37 heavy (non-hydrogen) atoms. The molecule has 1 saturated heterocycles. The Morgan fingerprint density at radius 3 is 2.38 bits per heavy atom. The summed E-state index contributed by atoms with van der Waals surface area (Å²) >= 11 is 0. The summed E-state index contributed by atoms with van der Waals surface area (Å²) < 4.78 is 6.91. The van der Waals surface area contributed by atoms with Crippen LogP contribution in [0.15, 0.2) is 77.6 Å². The van der Waals surface area contributed by atoms with E-state index < -0.39 is 0 Å². The number of carbonyl (C=O) groups excluding carboxylic acids is 1. The summed E-state index contributed by atoms with van der Waals surface area (Å²) in [5, 5.41) is 6.00. The molecule has 0 radical (unpaired) electrons. The normalized spacial score (nSPS) is 13.7. The minimum Gasteiger partial charge on any atom is -0.378 e. The molecular weight excluding hydrogens is 468 g/mol. The van der Waals surface area contributed by atoms with E-state index in [9.17, 15) is 9.59 Å². The zero-order valence-corrected chi connectivity index (χ0v) is 20.3. The lowest BCUT2D eigenvalue weighted by molar-refractivity contribution is 0.102. The molecule has 2 aromatic heterocycles. The maximum Gasteiger partial charge on any atom is 0.271 e. The molecule has 0 unspecified atom stereocenters. The number of morpholine rings is 1. The number of aromatic amines is 2. The number of amides is 1. The second-order valence-electron chi connectivity index (χ2n) is 9.08. The van der Waals surface area contributed by atoms with Crippen LogP contribution in [0.1, 0.15) is 16.1 Å².